The van der Waals surface area contributed by atoms with Crippen LogP contribution in [-0.4, -0.2) is 42.5 Å². The minimum Gasteiger partial charge on any atom is -0.399 e. The van der Waals surface area contributed by atoms with Gasteiger partial charge in [0.25, 0.3) is 33.4 Å². The van der Waals surface area contributed by atoms with Crippen molar-refractivity contribution in [1.29, 1.82) is 0 Å². The van der Waals surface area contributed by atoms with Gasteiger partial charge in [0, 0.05) is 28.8 Å². The maximum atomic E-state index is 12.9. The molecule has 12 heteroatoms. The Morgan fingerprint density at radius 1 is 1.03 bits per heavy atom. The number of nitrogens with two attached hydrogens (primary N) is 1. The molecule has 162 valence electrons. The zero-order valence-electron chi connectivity index (χ0n) is 16.1. The largest absolute Gasteiger partial charge is 0.399 e. The summed E-state index contributed by atoms with van der Waals surface area (Å²) in [5.74, 6) is -2.89. The average Bonchev–Trinajstić information content (AvgIpc) is 2.74. The van der Waals surface area contributed by atoms with Crippen LogP contribution in [-0.2, 0) is 14.8 Å². The van der Waals surface area contributed by atoms with Crippen LogP contribution in [0.15, 0.2) is 59.5 Å². The number of anilines is 1. The Morgan fingerprint density at radius 2 is 1.69 bits per heavy atom. The molecule has 1 aliphatic rings. The quantitative estimate of drug-likeness (QED) is 0.252. The molecule has 1 heterocycles. The lowest BCUT2D eigenvalue weighted by molar-refractivity contribution is -0.384. The van der Waals surface area contributed by atoms with Gasteiger partial charge in [-0.2, -0.15) is 0 Å². The Morgan fingerprint density at radius 3 is 2.34 bits per heavy atom. The minimum atomic E-state index is -4.27. The predicted molar refractivity (Wildman–Crippen MR) is 112 cm³/mol. The maximum absolute atomic E-state index is 12.9. The molecule has 3 N–H and O–H groups in total. The molecule has 11 nitrogen and oxygen atoms in total. The van der Waals surface area contributed by atoms with Crippen molar-refractivity contribution in [2.24, 2.45) is 0 Å². The highest BCUT2D eigenvalue weighted by Gasteiger charge is 2.36. The van der Waals surface area contributed by atoms with Gasteiger partial charge in [0.2, 0.25) is 0 Å². The third kappa shape index (κ3) is 3.52. The highest BCUT2D eigenvalue weighted by Crippen LogP contribution is 2.33. The highest BCUT2D eigenvalue weighted by atomic mass is 32.2. The zero-order chi connectivity index (χ0) is 23.2. The van der Waals surface area contributed by atoms with Gasteiger partial charge in [0.05, 0.1) is 15.4 Å². The number of carbonyl (C=O) groups is 3. The number of imide groups is 1. The van der Waals surface area contributed by atoms with Gasteiger partial charge in [-0.1, -0.05) is 12.1 Å². The first kappa shape index (κ1) is 20.9. The summed E-state index contributed by atoms with van der Waals surface area (Å²) in [5.41, 5.74) is 5.43. The first-order valence-electron chi connectivity index (χ1n) is 9.07. The summed E-state index contributed by atoms with van der Waals surface area (Å²) in [5, 5.41) is 11.8. The molecule has 0 aliphatic carbocycles. The smallest absolute Gasteiger partial charge is 0.270 e. The number of non-ortho nitro benzene ring substituents is 1. The van der Waals surface area contributed by atoms with Gasteiger partial charge in [0.1, 0.15) is 6.54 Å². The predicted octanol–water partition coefficient (Wildman–Crippen LogP) is 1.43. The molecule has 0 bridgehead atoms. The Kier molecular flexibility index (Phi) is 4.86. The number of rotatable bonds is 5. The fraction of sp³-hybridized carbons (Fsp3) is 0.0500. The second kappa shape index (κ2) is 7.42. The zero-order valence-corrected chi connectivity index (χ0v) is 17.0. The summed E-state index contributed by atoms with van der Waals surface area (Å²) in [4.78, 5) is 49.1. The van der Waals surface area contributed by atoms with E-state index in [0.717, 1.165) is 6.07 Å². The van der Waals surface area contributed by atoms with Crippen LogP contribution in [0.25, 0.3) is 10.8 Å². The van der Waals surface area contributed by atoms with Gasteiger partial charge in [-0.3, -0.25) is 29.4 Å². The van der Waals surface area contributed by atoms with E-state index in [1.165, 1.54) is 48.5 Å². The van der Waals surface area contributed by atoms with E-state index in [1.807, 2.05) is 0 Å². The summed E-state index contributed by atoms with van der Waals surface area (Å²) in [6, 6.07) is 11.8. The van der Waals surface area contributed by atoms with E-state index in [-0.39, 0.29) is 27.1 Å². The molecular formula is C20H14N4O7S. The van der Waals surface area contributed by atoms with Crippen LogP contribution in [0.4, 0.5) is 11.4 Å². The molecule has 0 spiro atoms. The second-order valence-corrected chi connectivity index (χ2v) is 8.63. The second-order valence-electron chi connectivity index (χ2n) is 6.95. The van der Waals surface area contributed by atoms with Crippen LogP contribution in [0.3, 0.4) is 0 Å². The van der Waals surface area contributed by atoms with Gasteiger partial charge in [0.15, 0.2) is 0 Å². The number of hydrogen-bond donors (Lipinski definition) is 2. The van der Waals surface area contributed by atoms with Crippen molar-refractivity contribution in [3.8, 4) is 0 Å². The Hall–Kier alpha value is -4.32. The SMILES string of the molecule is Nc1ccc(S(=O)(=O)NC(=O)CN2C(=O)c3cccc4cc([N+](=O)[O-])cc(c34)C2=O)cc1. The molecule has 0 radical (unpaired) electrons. The van der Waals surface area contributed by atoms with E-state index in [1.54, 1.807) is 4.72 Å². The van der Waals surface area contributed by atoms with Crippen LogP contribution in [0.1, 0.15) is 20.7 Å². The van der Waals surface area contributed by atoms with E-state index < -0.39 is 39.2 Å². The molecule has 3 amide bonds. The summed E-state index contributed by atoms with van der Waals surface area (Å²) in [7, 11) is -4.27. The lowest BCUT2D eigenvalue weighted by Crippen LogP contribution is -2.47. The molecule has 0 atom stereocenters. The molecule has 32 heavy (non-hydrogen) atoms. The van der Waals surface area contributed by atoms with Gasteiger partial charge in [-0.15, -0.1) is 0 Å². The molecule has 0 fully saturated rings. The third-order valence-electron chi connectivity index (χ3n) is 4.86. The third-order valence-corrected chi connectivity index (χ3v) is 6.25. The highest BCUT2D eigenvalue weighted by molar-refractivity contribution is 7.90. The van der Waals surface area contributed by atoms with Crippen LogP contribution in [0.5, 0.6) is 0 Å². The van der Waals surface area contributed by atoms with Crippen molar-refractivity contribution < 1.29 is 27.7 Å². The van der Waals surface area contributed by atoms with Gasteiger partial charge >= 0.3 is 0 Å². The van der Waals surface area contributed by atoms with Crippen LogP contribution >= 0.6 is 0 Å². The maximum Gasteiger partial charge on any atom is 0.270 e. The first-order valence-corrected chi connectivity index (χ1v) is 10.6. The van der Waals surface area contributed by atoms with Crippen LogP contribution in [0.2, 0.25) is 0 Å². The lowest BCUT2D eigenvalue weighted by atomic mass is 9.93. The number of nitrogen functional groups attached to an aromatic ring is 1. The number of nitro benzene ring substituents is 1. The van der Waals surface area contributed by atoms with Crippen molar-refractivity contribution in [2.45, 2.75) is 4.90 Å². The van der Waals surface area contributed by atoms with E-state index >= 15 is 0 Å². The standard InChI is InChI=1S/C20H14N4O7S/c21-12-4-6-14(7-5-12)32(30,31)22-17(25)10-23-19(26)15-3-1-2-11-8-13(24(28)29)9-16(18(11)15)20(23)27/h1-9H,10,21H2,(H,22,25). The molecule has 1 aliphatic heterocycles. The summed E-state index contributed by atoms with van der Waals surface area (Å²) < 4.78 is 26.6. The van der Waals surface area contributed by atoms with Gasteiger partial charge in [-0.25, -0.2) is 13.1 Å². The summed E-state index contributed by atoms with van der Waals surface area (Å²) in [6.07, 6.45) is 0. The number of carbonyl (C=O) groups excluding carboxylic acids is 3. The molecule has 0 unspecified atom stereocenters. The van der Waals surface area contributed by atoms with E-state index in [0.29, 0.717) is 16.0 Å². The number of nitrogens with one attached hydrogen (secondary N) is 1. The van der Waals surface area contributed by atoms with Crippen molar-refractivity contribution in [3.63, 3.8) is 0 Å². The number of nitro groups is 1. The van der Waals surface area contributed by atoms with E-state index in [2.05, 4.69) is 0 Å². The Balaban J connectivity index is 1.65. The van der Waals surface area contributed by atoms with Crippen molar-refractivity contribution >= 4 is 49.9 Å². The van der Waals surface area contributed by atoms with Gasteiger partial charge in [-0.05, 0) is 35.7 Å². The van der Waals surface area contributed by atoms with Crippen molar-refractivity contribution in [2.75, 3.05) is 12.3 Å². The molecule has 0 saturated carbocycles. The number of amides is 3. The number of benzene rings is 3. The Labute approximate surface area is 180 Å². The molecule has 0 aromatic heterocycles. The van der Waals surface area contributed by atoms with E-state index in [4.69, 9.17) is 5.73 Å². The van der Waals surface area contributed by atoms with Crippen molar-refractivity contribution in [1.82, 2.24) is 9.62 Å². The van der Waals surface area contributed by atoms with Gasteiger partial charge < -0.3 is 5.73 Å². The molecule has 0 saturated heterocycles. The molecule has 3 aromatic carbocycles. The fourth-order valence-corrected chi connectivity index (χ4v) is 4.40. The fourth-order valence-electron chi connectivity index (χ4n) is 3.42. The minimum absolute atomic E-state index is 0.0705. The van der Waals surface area contributed by atoms with Crippen LogP contribution in [0, 0.1) is 10.1 Å². The molecule has 4 rings (SSSR count). The topological polar surface area (TPSA) is 170 Å². The summed E-state index contributed by atoms with van der Waals surface area (Å²) in [6.45, 7) is -0.898. The lowest BCUT2D eigenvalue weighted by Gasteiger charge is -2.26. The van der Waals surface area contributed by atoms with Crippen molar-refractivity contribution in [3.05, 3.63) is 75.8 Å². The number of nitrogens with zero attached hydrogens (tertiary/aromatic N) is 2. The summed E-state index contributed by atoms with van der Waals surface area (Å²) >= 11 is 0. The monoisotopic (exact) mass is 454 g/mol. The Bertz CT molecular complexity index is 1430. The average molecular weight is 454 g/mol. The normalized spacial score (nSPS) is 13.3. The van der Waals surface area contributed by atoms with E-state index in [9.17, 15) is 32.9 Å². The van der Waals surface area contributed by atoms with Crippen LogP contribution < -0.4 is 10.5 Å². The number of sulfonamides is 1. The molecule has 3 aromatic rings. The molecular weight excluding hydrogens is 440 g/mol. The number of hydrogen-bond acceptors (Lipinski definition) is 8. The first-order chi connectivity index (χ1) is 15.1.